The first-order valence-corrected chi connectivity index (χ1v) is 9.63. The van der Waals surface area contributed by atoms with Crippen molar-refractivity contribution in [3.8, 4) is 0 Å². The van der Waals surface area contributed by atoms with E-state index in [-0.39, 0.29) is 5.91 Å². The van der Waals surface area contributed by atoms with Gasteiger partial charge >= 0.3 is 0 Å². The quantitative estimate of drug-likeness (QED) is 0.394. The molecule has 0 unspecified atom stereocenters. The Kier molecular flexibility index (Phi) is 10.5. The average Bonchev–Trinajstić information content (AvgIpc) is 2.58. The minimum atomic E-state index is 0.170. The van der Waals surface area contributed by atoms with Gasteiger partial charge in [0, 0.05) is 46.2 Å². The van der Waals surface area contributed by atoms with Gasteiger partial charge in [-0.25, -0.2) is 0 Å². The summed E-state index contributed by atoms with van der Waals surface area (Å²) in [6, 6.07) is 0. The van der Waals surface area contributed by atoms with Crippen molar-refractivity contribution in [3.05, 3.63) is 0 Å². The van der Waals surface area contributed by atoms with E-state index in [1.54, 1.807) is 6.92 Å². The molecule has 1 fully saturated rings. The highest BCUT2D eigenvalue weighted by Gasteiger charge is 2.20. The van der Waals surface area contributed by atoms with Crippen LogP contribution < -0.4 is 5.32 Å². The van der Waals surface area contributed by atoms with Gasteiger partial charge in [-0.15, -0.1) is 0 Å². The highest BCUT2D eigenvalue weighted by atomic mass is 16.2. The van der Waals surface area contributed by atoms with Gasteiger partial charge in [-0.05, 0) is 45.8 Å². The van der Waals surface area contributed by atoms with E-state index in [1.807, 2.05) is 4.90 Å². The molecule has 0 bridgehead atoms. The second kappa shape index (κ2) is 12.1. The summed E-state index contributed by atoms with van der Waals surface area (Å²) in [6.45, 7) is 16.8. The highest BCUT2D eigenvalue weighted by molar-refractivity contribution is 5.80. The normalized spacial score (nSPS) is 16.0. The van der Waals surface area contributed by atoms with Gasteiger partial charge in [0.05, 0.1) is 0 Å². The predicted octanol–water partition coefficient (Wildman–Crippen LogP) is 1.63. The lowest BCUT2D eigenvalue weighted by atomic mass is 10.3. The monoisotopic (exact) mass is 339 g/mol. The van der Waals surface area contributed by atoms with E-state index in [0.29, 0.717) is 0 Å². The summed E-state index contributed by atoms with van der Waals surface area (Å²) in [4.78, 5) is 23.0. The number of hydrogen-bond acceptors (Lipinski definition) is 3. The summed E-state index contributed by atoms with van der Waals surface area (Å²) >= 11 is 0. The van der Waals surface area contributed by atoms with Crippen molar-refractivity contribution in [1.29, 1.82) is 0 Å². The summed E-state index contributed by atoms with van der Waals surface area (Å²) in [5.74, 6) is 1.17. The van der Waals surface area contributed by atoms with Crippen LogP contribution in [-0.4, -0.2) is 85.5 Å². The Morgan fingerprint density at radius 3 is 2.08 bits per heavy atom. The topological polar surface area (TPSA) is 51.2 Å². The maximum absolute atomic E-state index is 11.4. The van der Waals surface area contributed by atoms with Gasteiger partial charge in [-0.1, -0.05) is 13.8 Å². The smallest absolute Gasteiger partial charge is 0.219 e. The van der Waals surface area contributed by atoms with Gasteiger partial charge in [-0.2, -0.15) is 0 Å². The molecule has 0 aromatic carbocycles. The number of carbonyl (C=O) groups excluding carboxylic acids is 1. The van der Waals surface area contributed by atoms with Crippen molar-refractivity contribution >= 4 is 11.9 Å². The van der Waals surface area contributed by atoms with E-state index in [9.17, 15) is 4.79 Å². The zero-order valence-electron chi connectivity index (χ0n) is 16.2. The van der Waals surface area contributed by atoms with Crippen molar-refractivity contribution in [2.24, 2.45) is 4.99 Å². The first-order valence-electron chi connectivity index (χ1n) is 9.63. The maximum Gasteiger partial charge on any atom is 0.219 e. The van der Waals surface area contributed by atoms with Crippen LogP contribution in [0.5, 0.6) is 0 Å². The fourth-order valence-corrected chi connectivity index (χ4v) is 3.11. The van der Waals surface area contributed by atoms with E-state index in [2.05, 4.69) is 35.9 Å². The molecular weight excluding hydrogens is 302 g/mol. The molecule has 1 rings (SSSR count). The lowest BCUT2D eigenvalue weighted by Gasteiger charge is -2.36. The van der Waals surface area contributed by atoms with Crippen molar-refractivity contribution < 1.29 is 4.79 Å². The third kappa shape index (κ3) is 7.51. The largest absolute Gasteiger partial charge is 0.357 e. The highest BCUT2D eigenvalue weighted by Crippen LogP contribution is 2.03. The van der Waals surface area contributed by atoms with Crippen LogP contribution >= 0.6 is 0 Å². The predicted molar refractivity (Wildman–Crippen MR) is 101 cm³/mol. The number of hydrogen-bond donors (Lipinski definition) is 1. The molecule has 1 aliphatic rings. The second-order valence-corrected chi connectivity index (χ2v) is 6.42. The van der Waals surface area contributed by atoms with Crippen LogP contribution in [-0.2, 0) is 4.79 Å². The Labute approximate surface area is 148 Å². The maximum atomic E-state index is 11.4. The van der Waals surface area contributed by atoms with Gasteiger partial charge in [0.15, 0.2) is 5.96 Å². The molecule has 1 heterocycles. The van der Waals surface area contributed by atoms with Crippen LogP contribution in [0.4, 0.5) is 0 Å². The molecule has 0 atom stereocenters. The Morgan fingerprint density at radius 1 is 1.00 bits per heavy atom. The van der Waals surface area contributed by atoms with Gasteiger partial charge < -0.3 is 20.0 Å². The lowest BCUT2D eigenvalue weighted by Crippen LogP contribution is -2.53. The Balaban J connectivity index is 2.43. The minimum absolute atomic E-state index is 0.170. The molecule has 0 aliphatic carbocycles. The number of guanidine groups is 1. The van der Waals surface area contributed by atoms with Crippen LogP contribution in [0.15, 0.2) is 4.99 Å². The third-order valence-corrected chi connectivity index (χ3v) is 4.33. The van der Waals surface area contributed by atoms with Gasteiger partial charge in [0.2, 0.25) is 5.91 Å². The molecule has 1 amide bonds. The van der Waals surface area contributed by atoms with Crippen LogP contribution in [0.2, 0.25) is 0 Å². The van der Waals surface area contributed by atoms with E-state index in [4.69, 9.17) is 4.99 Å². The molecule has 1 saturated heterocycles. The molecule has 6 heteroatoms. The van der Waals surface area contributed by atoms with Crippen LogP contribution in [0.3, 0.4) is 0 Å². The Bertz CT molecular complexity index is 372. The number of amides is 1. The standard InChI is InChI=1S/C18H37N5O/c1-5-10-21(11-6-2)12-8-9-20-18(19-7-3)23-15-13-22(14-16-23)17(4)24/h5-16H2,1-4H3,(H,19,20). The fourth-order valence-electron chi connectivity index (χ4n) is 3.11. The number of piperazine rings is 1. The molecule has 0 aromatic rings. The van der Waals surface area contributed by atoms with Crippen LogP contribution in [0, 0.1) is 0 Å². The SMILES string of the molecule is CCCN(CCC)CCCN=C(NCC)N1CCN(C(C)=O)CC1. The van der Waals surface area contributed by atoms with E-state index in [0.717, 1.165) is 58.2 Å². The Morgan fingerprint density at radius 2 is 1.58 bits per heavy atom. The van der Waals surface area contributed by atoms with E-state index >= 15 is 0 Å². The van der Waals surface area contributed by atoms with Crippen molar-refractivity contribution in [1.82, 2.24) is 20.0 Å². The molecule has 0 aromatic heterocycles. The van der Waals surface area contributed by atoms with E-state index < -0.39 is 0 Å². The van der Waals surface area contributed by atoms with Gasteiger partial charge in [0.1, 0.15) is 0 Å². The number of rotatable bonds is 9. The zero-order valence-corrected chi connectivity index (χ0v) is 16.2. The molecule has 24 heavy (non-hydrogen) atoms. The van der Waals surface area contributed by atoms with Crippen LogP contribution in [0.1, 0.15) is 47.0 Å². The number of carbonyl (C=O) groups is 1. The molecule has 1 N–H and O–H groups in total. The summed E-state index contributed by atoms with van der Waals surface area (Å²) < 4.78 is 0. The van der Waals surface area contributed by atoms with Crippen LogP contribution in [0.25, 0.3) is 0 Å². The number of nitrogens with one attached hydrogen (secondary N) is 1. The third-order valence-electron chi connectivity index (χ3n) is 4.33. The molecule has 1 aliphatic heterocycles. The molecule has 0 saturated carbocycles. The number of nitrogens with zero attached hydrogens (tertiary/aromatic N) is 4. The lowest BCUT2D eigenvalue weighted by molar-refractivity contribution is -0.130. The fraction of sp³-hybridized carbons (Fsp3) is 0.889. The van der Waals surface area contributed by atoms with Crippen molar-refractivity contribution in [3.63, 3.8) is 0 Å². The Hall–Kier alpha value is -1.30. The molecule has 0 spiro atoms. The van der Waals surface area contributed by atoms with Crippen molar-refractivity contribution in [2.75, 3.05) is 58.9 Å². The summed E-state index contributed by atoms with van der Waals surface area (Å²) in [7, 11) is 0. The molecule has 6 nitrogen and oxygen atoms in total. The molecule has 140 valence electrons. The van der Waals surface area contributed by atoms with Crippen molar-refractivity contribution in [2.45, 2.75) is 47.0 Å². The summed E-state index contributed by atoms with van der Waals surface area (Å²) in [5, 5.41) is 3.39. The first kappa shape index (κ1) is 20.7. The van der Waals surface area contributed by atoms with Gasteiger partial charge in [0.25, 0.3) is 0 Å². The minimum Gasteiger partial charge on any atom is -0.357 e. The molecule has 0 radical (unpaired) electrons. The second-order valence-electron chi connectivity index (χ2n) is 6.42. The summed E-state index contributed by atoms with van der Waals surface area (Å²) in [6.07, 6.45) is 3.53. The first-order chi connectivity index (χ1) is 11.6. The van der Waals surface area contributed by atoms with E-state index in [1.165, 1.54) is 25.9 Å². The van der Waals surface area contributed by atoms with Gasteiger partial charge in [-0.3, -0.25) is 9.79 Å². The zero-order chi connectivity index (χ0) is 17.8. The number of aliphatic imine (C=N–C) groups is 1. The average molecular weight is 340 g/mol. The molecular formula is C18H37N5O. The summed E-state index contributed by atoms with van der Waals surface area (Å²) in [5.41, 5.74) is 0.